The molecule has 0 spiro atoms. The van der Waals surface area contributed by atoms with Gasteiger partial charge in [-0.15, -0.1) is 0 Å². The summed E-state index contributed by atoms with van der Waals surface area (Å²) in [5, 5.41) is 11.9. The van der Waals surface area contributed by atoms with Crippen LogP contribution in [0.15, 0.2) is 46.2 Å². The number of halogens is 2. The van der Waals surface area contributed by atoms with Gasteiger partial charge in [0.25, 0.3) is 0 Å². The number of aromatic nitrogens is 1. The van der Waals surface area contributed by atoms with Crippen LogP contribution in [0.4, 0.5) is 4.39 Å². The summed E-state index contributed by atoms with van der Waals surface area (Å²) < 4.78 is 19.7. The first-order chi connectivity index (χ1) is 9.60. The van der Waals surface area contributed by atoms with E-state index in [2.05, 4.69) is 26.1 Å². The van der Waals surface area contributed by atoms with Gasteiger partial charge < -0.3 is 9.94 Å². The third kappa shape index (κ3) is 3.54. The number of nitrogens with zero attached hydrogens (tertiary/aromatic N) is 2. The van der Waals surface area contributed by atoms with Gasteiger partial charge >= 0.3 is 0 Å². The molecular formula is C14H12BrFN2O2. The van der Waals surface area contributed by atoms with E-state index in [4.69, 9.17) is 9.94 Å². The number of hydrogen-bond donors (Lipinski definition) is 1. The zero-order valence-electron chi connectivity index (χ0n) is 10.7. The molecule has 1 aromatic heterocycles. The maximum absolute atomic E-state index is 13.3. The second-order valence-corrected chi connectivity index (χ2v) is 5.00. The van der Waals surface area contributed by atoms with E-state index in [9.17, 15) is 4.39 Å². The normalized spacial score (nSPS) is 11.4. The lowest BCUT2D eigenvalue weighted by Crippen LogP contribution is -2.04. The van der Waals surface area contributed by atoms with E-state index in [1.807, 2.05) is 6.07 Å². The van der Waals surface area contributed by atoms with Gasteiger partial charge in [-0.1, -0.05) is 5.16 Å². The summed E-state index contributed by atoms with van der Waals surface area (Å²) in [6.07, 6.45) is 1.66. The summed E-state index contributed by atoms with van der Waals surface area (Å²) in [4.78, 5) is 4.17. The average molecular weight is 339 g/mol. The van der Waals surface area contributed by atoms with Crippen LogP contribution in [-0.2, 0) is 6.61 Å². The van der Waals surface area contributed by atoms with Crippen molar-refractivity contribution >= 4 is 21.6 Å². The molecule has 0 amide bonds. The largest absolute Gasteiger partial charge is 0.486 e. The Bertz CT molecular complexity index is 630. The summed E-state index contributed by atoms with van der Waals surface area (Å²) in [5.41, 5.74) is 1.59. The standard InChI is InChI=1S/C14H12BrFN2O2/c1-9(18-19)13-5-3-11(16)6-14(13)20-8-12-4-2-10(15)7-17-12/h2-7,19H,8H2,1H3/b18-9-. The number of ether oxygens (including phenoxy) is 1. The molecule has 0 fully saturated rings. The van der Waals surface area contributed by atoms with Gasteiger partial charge in [-0.25, -0.2) is 4.39 Å². The van der Waals surface area contributed by atoms with Crippen molar-refractivity contribution in [2.45, 2.75) is 13.5 Å². The van der Waals surface area contributed by atoms with Crippen LogP contribution in [0.2, 0.25) is 0 Å². The van der Waals surface area contributed by atoms with Gasteiger partial charge in [-0.2, -0.15) is 0 Å². The molecule has 20 heavy (non-hydrogen) atoms. The van der Waals surface area contributed by atoms with Gasteiger partial charge in [-0.05, 0) is 47.1 Å². The molecule has 0 unspecified atom stereocenters. The van der Waals surface area contributed by atoms with E-state index >= 15 is 0 Å². The van der Waals surface area contributed by atoms with Crippen LogP contribution in [0.25, 0.3) is 0 Å². The lowest BCUT2D eigenvalue weighted by atomic mass is 10.1. The van der Waals surface area contributed by atoms with Crippen LogP contribution in [-0.4, -0.2) is 15.9 Å². The van der Waals surface area contributed by atoms with Crippen molar-refractivity contribution in [2.24, 2.45) is 5.16 Å². The molecule has 0 saturated heterocycles. The van der Waals surface area contributed by atoms with Crippen molar-refractivity contribution in [3.8, 4) is 5.75 Å². The molecule has 2 aromatic rings. The van der Waals surface area contributed by atoms with Crippen molar-refractivity contribution in [2.75, 3.05) is 0 Å². The lowest BCUT2D eigenvalue weighted by molar-refractivity contribution is 0.297. The Kier molecular flexibility index (Phi) is 4.68. The SMILES string of the molecule is C/C(=N/O)c1ccc(F)cc1OCc1ccc(Br)cn1. The second kappa shape index (κ2) is 6.47. The van der Waals surface area contributed by atoms with Crippen molar-refractivity contribution in [3.05, 3.63) is 58.1 Å². The Morgan fingerprint density at radius 1 is 1.40 bits per heavy atom. The topological polar surface area (TPSA) is 54.7 Å². The number of benzene rings is 1. The molecule has 0 aliphatic heterocycles. The molecule has 0 aliphatic carbocycles. The molecule has 0 saturated carbocycles. The van der Waals surface area contributed by atoms with Crippen molar-refractivity contribution in [3.63, 3.8) is 0 Å². The summed E-state index contributed by atoms with van der Waals surface area (Å²) in [7, 11) is 0. The number of pyridine rings is 1. The zero-order chi connectivity index (χ0) is 14.5. The highest BCUT2D eigenvalue weighted by Crippen LogP contribution is 2.22. The fraction of sp³-hybridized carbons (Fsp3) is 0.143. The summed E-state index contributed by atoms with van der Waals surface area (Å²) in [5.74, 6) is -0.108. The van der Waals surface area contributed by atoms with Crippen LogP contribution in [0.1, 0.15) is 18.2 Å². The van der Waals surface area contributed by atoms with E-state index < -0.39 is 5.82 Å². The van der Waals surface area contributed by atoms with E-state index in [0.717, 1.165) is 4.47 Å². The molecule has 1 N–H and O–H groups in total. The van der Waals surface area contributed by atoms with E-state index in [1.54, 1.807) is 19.2 Å². The minimum absolute atomic E-state index is 0.197. The Balaban J connectivity index is 2.20. The molecule has 2 rings (SSSR count). The first kappa shape index (κ1) is 14.5. The maximum atomic E-state index is 13.3. The zero-order valence-corrected chi connectivity index (χ0v) is 12.3. The molecule has 0 bridgehead atoms. The van der Waals surface area contributed by atoms with Crippen LogP contribution in [0.5, 0.6) is 5.75 Å². The minimum Gasteiger partial charge on any atom is -0.486 e. The summed E-state index contributed by atoms with van der Waals surface area (Å²) in [6.45, 7) is 1.81. The Morgan fingerprint density at radius 2 is 2.20 bits per heavy atom. The lowest BCUT2D eigenvalue weighted by Gasteiger charge is -2.10. The smallest absolute Gasteiger partial charge is 0.131 e. The first-order valence-corrected chi connectivity index (χ1v) is 6.61. The van der Waals surface area contributed by atoms with Crippen LogP contribution in [0.3, 0.4) is 0 Å². The molecule has 0 aliphatic rings. The molecule has 0 radical (unpaired) electrons. The van der Waals surface area contributed by atoms with Crippen LogP contribution >= 0.6 is 15.9 Å². The van der Waals surface area contributed by atoms with Gasteiger partial charge in [-0.3, -0.25) is 4.98 Å². The number of oxime groups is 1. The Labute approximate surface area is 124 Å². The Morgan fingerprint density at radius 3 is 2.85 bits per heavy atom. The predicted octanol–water partition coefficient (Wildman–Crippen LogP) is 3.76. The highest BCUT2D eigenvalue weighted by Gasteiger charge is 2.09. The summed E-state index contributed by atoms with van der Waals surface area (Å²) in [6, 6.07) is 7.70. The molecule has 1 aromatic carbocycles. The maximum Gasteiger partial charge on any atom is 0.131 e. The van der Waals surface area contributed by atoms with Crippen molar-refractivity contribution in [1.29, 1.82) is 0 Å². The van der Waals surface area contributed by atoms with Gasteiger partial charge in [0.05, 0.1) is 11.4 Å². The molecule has 0 atom stereocenters. The fourth-order valence-corrected chi connectivity index (χ4v) is 1.85. The highest BCUT2D eigenvalue weighted by molar-refractivity contribution is 9.10. The van der Waals surface area contributed by atoms with Crippen molar-refractivity contribution in [1.82, 2.24) is 4.98 Å². The van der Waals surface area contributed by atoms with E-state index in [-0.39, 0.29) is 6.61 Å². The van der Waals surface area contributed by atoms with Gasteiger partial charge in [0.2, 0.25) is 0 Å². The molecule has 104 valence electrons. The minimum atomic E-state index is -0.418. The molecule has 6 heteroatoms. The van der Waals surface area contributed by atoms with E-state index in [0.29, 0.717) is 22.7 Å². The average Bonchev–Trinajstić information content (AvgIpc) is 2.46. The third-order valence-corrected chi connectivity index (χ3v) is 3.12. The van der Waals surface area contributed by atoms with Gasteiger partial charge in [0.15, 0.2) is 0 Å². The third-order valence-electron chi connectivity index (χ3n) is 2.65. The number of hydrogen-bond acceptors (Lipinski definition) is 4. The monoisotopic (exact) mass is 338 g/mol. The quantitative estimate of drug-likeness (QED) is 0.524. The van der Waals surface area contributed by atoms with Crippen LogP contribution < -0.4 is 4.74 Å². The fourth-order valence-electron chi connectivity index (χ4n) is 1.61. The summed E-state index contributed by atoms with van der Waals surface area (Å²) >= 11 is 3.29. The van der Waals surface area contributed by atoms with E-state index in [1.165, 1.54) is 18.2 Å². The van der Waals surface area contributed by atoms with Crippen LogP contribution in [0, 0.1) is 5.82 Å². The molecular weight excluding hydrogens is 327 g/mol. The predicted molar refractivity (Wildman–Crippen MR) is 76.7 cm³/mol. The second-order valence-electron chi connectivity index (χ2n) is 4.08. The van der Waals surface area contributed by atoms with Crippen molar-refractivity contribution < 1.29 is 14.3 Å². The number of rotatable bonds is 4. The van der Waals surface area contributed by atoms with Gasteiger partial charge in [0, 0.05) is 22.3 Å². The Hall–Kier alpha value is -1.95. The highest BCUT2D eigenvalue weighted by atomic mass is 79.9. The molecule has 1 heterocycles. The van der Waals surface area contributed by atoms with Gasteiger partial charge in [0.1, 0.15) is 18.2 Å². The first-order valence-electron chi connectivity index (χ1n) is 5.82. The molecule has 4 nitrogen and oxygen atoms in total.